The number of carbonyl (C=O) groups is 1. The van der Waals surface area contributed by atoms with Crippen LogP contribution in [0.4, 0.5) is 4.79 Å². The van der Waals surface area contributed by atoms with Gasteiger partial charge in [-0.1, -0.05) is 30.3 Å². The van der Waals surface area contributed by atoms with E-state index in [0.717, 1.165) is 25.1 Å². The van der Waals surface area contributed by atoms with Crippen LogP contribution in [-0.2, 0) is 0 Å². The first-order valence-electron chi connectivity index (χ1n) is 8.07. The maximum Gasteiger partial charge on any atom is 0.315 e. The van der Waals surface area contributed by atoms with Crippen LogP contribution in [-0.4, -0.2) is 49.3 Å². The lowest BCUT2D eigenvalue weighted by Gasteiger charge is -2.29. The SMILES string of the molecule is CN1CCC(CCNC(=O)NC(CO)c2ccccc2)CC1. The van der Waals surface area contributed by atoms with E-state index in [9.17, 15) is 9.90 Å². The molecule has 5 heteroatoms. The summed E-state index contributed by atoms with van der Waals surface area (Å²) in [6, 6.07) is 8.95. The first-order valence-corrected chi connectivity index (χ1v) is 8.07. The van der Waals surface area contributed by atoms with Gasteiger partial charge in [0.2, 0.25) is 0 Å². The Morgan fingerprint density at radius 3 is 2.64 bits per heavy atom. The van der Waals surface area contributed by atoms with Crippen molar-refractivity contribution in [2.75, 3.05) is 33.3 Å². The number of carbonyl (C=O) groups excluding carboxylic acids is 1. The zero-order valence-electron chi connectivity index (χ0n) is 13.3. The molecule has 1 aliphatic heterocycles. The fraction of sp³-hybridized carbons (Fsp3) is 0.588. The molecule has 22 heavy (non-hydrogen) atoms. The van der Waals surface area contributed by atoms with E-state index >= 15 is 0 Å². The van der Waals surface area contributed by atoms with Crippen LogP contribution in [0.5, 0.6) is 0 Å². The van der Waals surface area contributed by atoms with Crippen molar-refractivity contribution in [3.8, 4) is 0 Å². The Bertz CT molecular complexity index is 444. The molecule has 1 fully saturated rings. The molecule has 0 saturated carbocycles. The van der Waals surface area contributed by atoms with Crippen LogP contribution >= 0.6 is 0 Å². The van der Waals surface area contributed by atoms with Gasteiger partial charge in [0.05, 0.1) is 12.6 Å². The van der Waals surface area contributed by atoms with E-state index in [1.54, 1.807) is 0 Å². The van der Waals surface area contributed by atoms with Crippen molar-refractivity contribution < 1.29 is 9.90 Å². The van der Waals surface area contributed by atoms with Gasteiger partial charge in [-0.15, -0.1) is 0 Å². The number of hydrogen-bond acceptors (Lipinski definition) is 3. The molecule has 1 aliphatic rings. The van der Waals surface area contributed by atoms with Crippen molar-refractivity contribution in [2.24, 2.45) is 5.92 Å². The van der Waals surface area contributed by atoms with Gasteiger partial charge in [0.25, 0.3) is 0 Å². The topological polar surface area (TPSA) is 64.6 Å². The molecular formula is C17H27N3O2. The third-order valence-corrected chi connectivity index (χ3v) is 4.37. The zero-order chi connectivity index (χ0) is 15.8. The van der Waals surface area contributed by atoms with Crippen molar-refractivity contribution in [2.45, 2.75) is 25.3 Å². The van der Waals surface area contributed by atoms with Gasteiger partial charge >= 0.3 is 6.03 Å². The number of piperidine rings is 1. The molecule has 1 heterocycles. The van der Waals surface area contributed by atoms with E-state index in [2.05, 4.69) is 22.6 Å². The summed E-state index contributed by atoms with van der Waals surface area (Å²) in [5.74, 6) is 0.708. The van der Waals surface area contributed by atoms with Crippen LogP contribution in [0.15, 0.2) is 30.3 Å². The minimum atomic E-state index is -0.357. The standard InChI is InChI=1S/C17H27N3O2/c1-20-11-8-14(9-12-20)7-10-18-17(22)19-16(13-21)15-5-3-2-4-6-15/h2-6,14,16,21H,7-13H2,1H3,(H2,18,19,22). The Morgan fingerprint density at radius 1 is 1.32 bits per heavy atom. The van der Waals surface area contributed by atoms with E-state index in [0.29, 0.717) is 12.5 Å². The number of rotatable bonds is 6. The highest BCUT2D eigenvalue weighted by Gasteiger charge is 2.17. The summed E-state index contributed by atoms with van der Waals surface area (Å²) in [7, 11) is 2.15. The highest BCUT2D eigenvalue weighted by atomic mass is 16.3. The van der Waals surface area contributed by atoms with E-state index in [1.165, 1.54) is 12.8 Å². The van der Waals surface area contributed by atoms with Gasteiger partial charge in [0, 0.05) is 6.54 Å². The summed E-state index contributed by atoms with van der Waals surface area (Å²) < 4.78 is 0. The van der Waals surface area contributed by atoms with Crippen molar-refractivity contribution in [1.82, 2.24) is 15.5 Å². The van der Waals surface area contributed by atoms with Crippen LogP contribution in [0.25, 0.3) is 0 Å². The highest BCUT2D eigenvalue weighted by Crippen LogP contribution is 2.18. The van der Waals surface area contributed by atoms with Crippen molar-refractivity contribution in [1.29, 1.82) is 0 Å². The van der Waals surface area contributed by atoms with Gasteiger partial charge in [-0.05, 0) is 50.9 Å². The maximum absolute atomic E-state index is 11.9. The van der Waals surface area contributed by atoms with Gasteiger partial charge in [0.1, 0.15) is 0 Å². The predicted octanol–water partition coefficient (Wildman–Crippen LogP) is 1.75. The number of amides is 2. The van der Waals surface area contributed by atoms with Crippen LogP contribution in [0.2, 0.25) is 0 Å². The third kappa shape index (κ3) is 5.31. The summed E-state index contributed by atoms with van der Waals surface area (Å²) in [6.45, 7) is 2.88. The maximum atomic E-state index is 11.9. The molecule has 0 aliphatic carbocycles. The second-order valence-electron chi connectivity index (χ2n) is 6.08. The lowest BCUT2D eigenvalue weighted by Crippen LogP contribution is -2.40. The first kappa shape index (κ1) is 16.8. The summed E-state index contributed by atoms with van der Waals surface area (Å²) in [6.07, 6.45) is 3.45. The van der Waals surface area contributed by atoms with Crippen molar-refractivity contribution in [3.05, 3.63) is 35.9 Å². The lowest BCUT2D eigenvalue weighted by molar-refractivity contribution is 0.205. The Morgan fingerprint density at radius 2 is 2.00 bits per heavy atom. The lowest BCUT2D eigenvalue weighted by atomic mass is 9.94. The Hall–Kier alpha value is -1.59. The molecule has 1 saturated heterocycles. The van der Waals surface area contributed by atoms with Crippen molar-refractivity contribution >= 4 is 6.03 Å². The third-order valence-electron chi connectivity index (χ3n) is 4.37. The van der Waals surface area contributed by atoms with Gasteiger partial charge in [-0.3, -0.25) is 0 Å². The number of benzene rings is 1. The zero-order valence-corrected chi connectivity index (χ0v) is 13.3. The smallest absolute Gasteiger partial charge is 0.315 e. The van der Waals surface area contributed by atoms with Crippen LogP contribution in [0.3, 0.4) is 0 Å². The van der Waals surface area contributed by atoms with E-state index in [-0.39, 0.29) is 18.7 Å². The molecule has 0 radical (unpaired) electrons. The number of likely N-dealkylation sites (tertiary alicyclic amines) is 1. The van der Waals surface area contributed by atoms with Crippen LogP contribution in [0, 0.1) is 5.92 Å². The number of aliphatic hydroxyl groups excluding tert-OH is 1. The van der Waals surface area contributed by atoms with Gasteiger partial charge < -0.3 is 20.6 Å². The Labute approximate surface area is 132 Å². The molecule has 1 unspecified atom stereocenters. The minimum Gasteiger partial charge on any atom is -0.394 e. The normalized spacial score (nSPS) is 17.9. The largest absolute Gasteiger partial charge is 0.394 e. The second-order valence-corrected chi connectivity index (χ2v) is 6.08. The quantitative estimate of drug-likeness (QED) is 0.750. The summed E-state index contributed by atoms with van der Waals surface area (Å²) in [5, 5.41) is 15.2. The number of urea groups is 1. The molecular weight excluding hydrogens is 278 g/mol. The average molecular weight is 305 g/mol. The van der Waals surface area contributed by atoms with Gasteiger partial charge in [-0.2, -0.15) is 0 Å². The van der Waals surface area contributed by atoms with E-state index in [1.807, 2.05) is 30.3 Å². The van der Waals surface area contributed by atoms with Gasteiger partial charge in [0.15, 0.2) is 0 Å². The summed E-state index contributed by atoms with van der Waals surface area (Å²) in [4.78, 5) is 14.3. The molecule has 1 aromatic carbocycles. The predicted molar refractivity (Wildman–Crippen MR) is 87.6 cm³/mol. The number of hydrogen-bond donors (Lipinski definition) is 3. The number of nitrogens with one attached hydrogen (secondary N) is 2. The first-order chi connectivity index (χ1) is 10.7. The molecule has 0 aromatic heterocycles. The molecule has 122 valence electrons. The summed E-state index contributed by atoms with van der Waals surface area (Å²) >= 11 is 0. The fourth-order valence-corrected chi connectivity index (χ4v) is 2.87. The molecule has 5 nitrogen and oxygen atoms in total. The fourth-order valence-electron chi connectivity index (χ4n) is 2.87. The van der Waals surface area contributed by atoms with Crippen LogP contribution < -0.4 is 10.6 Å². The molecule has 0 bridgehead atoms. The molecule has 2 rings (SSSR count). The summed E-state index contributed by atoms with van der Waals surface area (Å²) in [5.41, 5.74) is 0.912. The average Bonchev–Trinajstić information content (AvgIpc) is 2.55. The number of nitrogens with zero attached hydrogens (tertiary/aromatic N) is 1. The molecule has 0 spiro atoms. The van der Waals surface area contributed by atoms with Crippen LogP contribution in [0.1, 0.15) is 30.9 Å². The van der Waals surface area contributed by atoms with E-state index < -0.39 is 0 Å². The van der Waals surface area contributed by atoms with E-state index in [4.69, 9.17) is 0 Å². The number of aliphatic hydroxyl groups is 1. The Kier molecular flexibility index (Phi) is 6.68. The van der Waals surface area contributed by atoms with Crippen molar-refractivity contribution in [3.63, 3.8) is 0 Å². The van der Waals surface area contributed by atoms with Gasteiger partial charge in [-0.25, -0.2) is 4.79 Å². The molecule has 3 N–H and O–H groups in total. The highest BCUT2D eigenvalue weighted by molar-refractivity contribution is 5.74. The molecule has 2 amide bonds. The molecule has 1 aromatic rings. The minimum absolute atomic E-state index is 0.105. The molecule has 1 atom stereocenters. The monoisotopic (exact) mass is 305 g/mol. The Balaban J connectivity index is 1.68. The second kappa shape index (κ2) is 8.76.